The first kappa shape index (κ1) is 17.8. The van der Waals surface area contributed by atoms with E-state index in [0.29, 0.717) is 28.3 Å². The standard InChI is InChI=1S/C18H13BrN8O/c1-10(17-22-9-24-27(17)15-3-2-11(6-20)7-21-15)25-18(28)14-5-13(19)4-12-8-23-26-16(12)14/h2-5,7-10H,1H3,(H,23,26)(H,25,28). The zero-order valence-corrected chi connectivity index (χ0v) is 16.2. The Morgan fingerprint density at radius 2 is 2.18 bits per heavy atom. The Kier molecular flexibility index (Phi) is 4.58. The van der Waals surface area contributed by atoms with Gasteiger partial charge < -0.3 is 5.32 Å². The number of hydrogen-bond donors (Lipinski definition) is 2. The molecule has 0 aliphatic heterocycles. The summed E-state index contributed by atoms with van der Waals surface area (Å²) in [5.74, 6) is 0.748. The molecule has 0 radical (unpaired) electrons. The SMILES string of the molecule is CC(NC(=O)c1cc(Br)cc2cn[nH]c12)c1ncnn1-c1ccc(C#N)cn1. The molecular weight excluding hydrogens is 424 g/mol. The molecule has 3 aromatic heterocycles. The molecule has 0 aliphatic rings. The Bertz CT molecular complexity index is 1200. The van der Waals surface area contributed by atoms with E-state index in [9.17, 15) is 4.79 Å². The number of aromatic amines is 1. The zero-order chi connectivity index (χ0) is 19.7. The second-order valence-electron chi connectivity index (χ2n) is 6.03. The highest BCUT2D eigenvalue weighted by Gasteiger charge is 2.20. The van der Waals surface area contributed by atoms with Crippen LogP contribution in [0.5, 0.6) is 0 Å². The van der Waals surface area contributed by atoms with Crippen LogP contribution in [0.2, 0.25) is 0 Å². The normalized spacial score (nSPS) is 11.9. The van der Waals surface area contributed by atoms with Gasteiger partial charge in [0.2, 0.25) is 0 Å². The fraction of sp³-hybridized carbons (Fsp3) is 0.111. The fourth-order valence-electron chi connectivity index (χ4n) is 2.84. The molecule has 1 unspecified atom stereocenters. The molecule has 1 amide bonds. The zero-order valence-electron chi connectivity index (χ0n) is 14.6. The van der Waals surface area contributed by atoms with E-state index in [-0.39, 0.29) is 5.91 Å². The largest absolute Gasteiger partial charge is 0.342 e. The third kappa shape index (κ3) is 3.23. The number of H-pyrrole nitrogens is 1. The highest BCUT2D eigenvalue weighted by atomic mass is 79.9. The molecule has 0 fully saturated rings. The Morgan fingerprint density at radius 1 is 1.32 bits per heavy atom. The van der Waals surface area contributed by atoms with E-state index in [0.717, 1.165) is 9.86 Å². The molecule has 2 N–H and O–H groups in total. The lowest BCUT2D eigenvalue weighted by Crippen LogP contribution is -2.29. The maximum absolute atomic E-state index is 12.9. The number of halogens is 1. The number of fused-ring (bicyclic) bond motifs is 1. The van der Waals surface area contributed by atoms with Crippen LogP contribution in [0.15, 0.2) is 47.5 Å². The summed E-state index contributed by atoms with van der Waals surface area (Å²) >= 11 is 3.42. The molecule has 1 atom stereocenters. The predicted molar refractivity (Wildman–Crippen MR) is 104 cm³/mol. The Morgan fingerprint density at radius 3 is 2.93 bits per heavy atom. The minimum Gasteiger partial charge on any atom is -0.342 e. The Labute approximate surface area is 167 Å². The van der Waals surface area contributed by atoms with Crippen molar-refractivity contribution in [2.45, 2.75) is 13.0 Å². The minimum atomic E-state index is -0.440. The van der Waals surface area contributed by atoms with Crippen LogP contribution in [0.4, 0.5) is 0 Å². The van der Waals surface area contributed by atoms with Crippen molar-refractivity contribution in [2.75, 3.05) is 0 Å². The van der Waals surface area contributed by atoms with E-state index in [1.165, 1.54) is 17.2 Å². The van der Waals surface area contributed by atoms with E-state index in [1.807, 2.05) is 19.1 Å². The van der Waals surface area contributed by atoms with Gasteiger partial charge in [0.25, 0.3) is 5.91 Å². The van der Waals surface area contributed by atoms with Crippen LogP contribution < -0.4 is 5.32 Å². The van der Waals surface area contributed by atoms with E-state index >= 15 is 0 Å². The van der Waals surface area contributed by atoms with Gasteiger partial charge in [0.15, 0.2) is 11.6 Å². The summed E-state index contributed by atoms with van der Waals surface area (Å²) in [5, 5.41) is 23.7. The second-order valence-corrected chi connectivity index (χ2v) is 6.95. The summed E-state index contributed by atoms with van der Waals surface area (Å²) in [5.41, 5.74) is 1.57. The van der Waals surface area contributed by atoms with Gasteiger partial charge in [-0.05, 0) is 31.2 Å². The van der Waals surface area contributed by atoms with Crippen molar-refractivity contribution in [3.63, 3.8) is 0 Å². The Balaban J connectivity index is 1.61. The molecule has 28 heavy (non-hydrogen) atoms. The number of carbonyl (C=O) groups is 1. The molecule has 0 saturated carbocycles. The van der Waals surface area contributed by atoms with Gasteiger partial charge in [-0.15, -0.1) is 0 Å². The van der Waals surface area contributed by atoms with Crippen LogP contribution in [0, 0.1) is 11.3 Å². The van der Waals surface area contributed by atoms with E-state index < -0.39 is 6.04 Å². The second kappa shape index (κ2) is 7.21. The number of pyridine rings is 1. The van der Waals surface area contributed by atoms with Crippen LogP contribution in [0.1, 0.15) is 34.7 Å². The monoisotopic (exact) mass is 436 g/mol. The average molecular weight is 437 g/mol. The van der Waals surface area contributed by atoms with Gasteiger partial charge in [-0.25, -0.2) is 9.97 Å². The van der Waals surface area contributed by atoms with Crippen LogP contribution in [0.25, 0.3) is 16.7 Å². The number of nitrogens with zero attached hydrogens (tertiary/aromatic N) is 6. The summed E-state index contributed by atoms with van der Waals surface area (Å²) in [6.07, 6.45) is 4.51. The number of hydrogen-bond acceptors (Lipinski definition) is 6. The molecule has 4 aromatic rings. The van der Waals surface area contributed by atoms with Crippen molar-refractivity contribution in [2.24, 2.45) is 0 Å². The Hall–Kier alpha value is -3.58. The minimum absolute atomic E-state index is 0.273. The molecule has 4 rings (SSSR count). The summed E-state index contributed by atoms with van der Waals surface area (Å²) in [6, 6.07) is 8.51. The smallest absolute Gasteiger partial charge is 0.254 e. The van der Waals surface area contributed by atoms with E-state index in [4.69, 9.17) is 5.26 Å². The summed E-state index contributed by atoms with van der Waals surface area (Å²) in [6.45, 7) is 1.81. The van der Waals surface area contributed by atoms with Crippen LogP contribution >= 0.6 is 15.9 Å². The first-order valence-corrected chi connectivity index (χ1v) is 9.06. The number of benzene rings is 1. The molecule has 0 aliphatic carbocycles. The van der Waals surface area contributed by atoms with Crippen molar-refractivity contribution in [3.8, 4) is 11.9 Å². The maximum Gasteiger partial charge on any atom is 0.254 e. The number of carbonyl (C=O) groups excluding carboxylic acids is 1. The fourth-order valence-corrected chi connectivity index (χ4v) is 3.31. The quantitative estimate of drug-likeness (QED) is 0.506. The third-order valence-electron chi connectivity index (χ3n) is 4.16. The molecule has 1 aromatic carbocycles. The lowest BCUT2D eigenvalue weighted by molar-refractivity contribution is 0.0939. The predicted octanol–water partition coefficient (Wildman–Crippen LogP) is 2.66. The molecule has 0 bridgehead atoms. The van der Waals surface area contributed by atoms with Gasteiger partial charge in [0.05, 0.1) is 28.9 Å². The lowest BCUT2D eigenvalue weighted by Gasteiger charge is -2.15. The first-order chi connectivity index (χ1) is 13.6. The number of aromatic nitrogens is 6. The van der Waals surface area contributed by atoms with Crippen molar-refractivity contribution >= 4 is 32.7 Å². The van der Waals surface area contributed by atoms with Gasteiger partial charge >= 0.3 is 0 Å². The van der Waals surface area contributed by atoms with E-state index in [2.05, 4.69) is 46.5 Å². The van der Waals surface area contributed by atoms with Crippen LogP contribution in [-0.2, 0) is 0 Å². The molecule has 3 heterocycles. The highest BCUT2D eigenvalue weighted by Crippen LogP contribution is 2.23. The molecule has 138 valence electrons. The average Bonchev–Trinajstić information content (AvgIpc) is 3.36. The molecule has 0 saturated heterocycles. The van der Waals surface area contributed by atoms with Crippen molar-refractivity contribution in [1.29, 1.82) is 5.26 Å². The molecular formula is C18H13BrN8O. The number of nitriles is 1. The third-order valence-corrected chi connectivity index (χ3v) is 4.62. The number of amides is 1. The van der Waals surface area contributed by atoms with Gasteiger partial charge in [-0.2, -0.15) is 20.1 Å². The van der Waals surface area contributed by atoms with Crippen molar-refractivity contribution in [1.82, 2.24) is 35.3 Å². The maximum atomic E-state index is 12.9. The van der Waals surface area contributed by atoms with E-state index in [1.54, 1.807) is 24.4 Å². The molecule has 10 heteroatoms. The van der Waals surface area contributed by atoms with Crippen molar-refractivity contribution in [3.05, 3.63) is 64.4 Å². The van der Waals surface area contributed by atoms with Gasteiger partial charge in [-0.3, -0.25) is 9.89 Å². The lowest BCUT2D eigenvalue weighted by atomic mass is 10.1. The van der Waals surface area contributed by atoms with Crippen LogP contribution in [0.3, 0.4) is 0 Å². The summed E-state index contributed by atoms with van der Waals surface area (Å²) in [7, 11) is 0. The topological polar surface area (TPSA) is 125 Å². The number of nitrogens with one attached hydrogen (secondary N) is 2. The van der Waals surface area contributed by atoms with Gasteiger partial charge in [0.1, 0.15) is 12.4 Å². The molecule has 0 spiro atoms. The first-order valence-electron chi connectivity index (χ1n) is 8.26. The molecule has 9 nitrogen and oxygen atoms in total. The summed E-state index contributed by atoms with van der Waals surface area (Å²) < 4.78 is 2.31. The highest BCUT2D eigenvalue weighted by molar-refractivity contribution is 9.10. The van der Waals surface area contributed by atoms with Gasteiger partial charge in [0, 0.05) is 16.1 Å². The van der Waals surface area contributed by atoms with Gasteiger partial charge in [-0.1, -0.05) is 15.9 Å². The van der Waals surface area contributed by atoms with Crippen LogP contribution in [-0.4, -0.2) is 35.9 Å². The number of rotatable bonds is 4. The van der Waals surface area contributed by atoms with Crippen molar-refractivity contribution < 1.29 is 4.79 Å². The summed E-state index contributed by atoms with van der Waals surface area (Å²) in [4.78, 5) is 21.3.